The van der Waals surface area contributed by atoms with Gasteiger partial charge in [0.2, 0.25) is 0 Å². The molecular formula is C25H21BrN2O2S. The Morgan fingerprint density at radius 1 is 1.00 bits per heavy atom. The number of hydrogen-bond acceptors (Lipinski definition) is 4. The van der Waals surface area contributed by atoms with Gasteiger partial charge in [-0.25, -0.2) is 4.98 Å². The molecule has 0 aliphatic rings. The van der Waals surface area contributed by atoms with Gasteiger partial charge in [-0.15, -0.1) is 11.3 Å². The number of aryl methyl sites for hydroxylation is 2. The predicted octanol–water partition coefficient (Wildman–Crippen LogP) is 7.02. The van der Waals surface area contributed by atoms with E-state index in [1.165, 1.54) is 16.9 Å². The van der Waals surface area contributed by atoms with E-state index < -0.39 is 0 Å². The molecule has 0 fully saturated rings. The van der Waals surface area contributed by atoms with Gasteiger partial charge in [0.05, 0.1) is 10.2 Å². The molecule has 1 N–H and O–H groups in total. The SMILES string of the molecule is Cc1ccc(-c2nc(NC(=O)c3ccc(COc4ccccc4Br)cc3)sc2C)cc1. The first-order valence-electron chi connectivity index (χ1n) is 9.82. The average Bonchev–Trinajstić information content (AvgIpc) is 3.14. The van der Waals surface area contributed by atoms with Crippen molar-refractivity contribution in [2.75, 3.05) is 5.32 Å². The third kappa shape index (κ3) is 5.21. The van der Waals surface area contributed by atoms with Gasteiger partial charge in [0, 0.05) is 16.0 Å². The van der Waals surface area contributed by atoms with Crippen molar-refractivity contribution in [3.8, 4) is 17.0 Å². The van der Waals surface area contributed by atoms with Crippen molar-refractivity contribution in [3.05, 3.63) is 98.8 Å². The lowest BCUT2D eigenvalue weighted by molar-refractivity contribution is 0.102. The number of nitrogens with zero attached hydrogens (tertiary/aromatic N) is 1. The van der Waals surface area contributed by atoms with Crippen LogP contribution in [0.15, 0.2) is 77.3 Å². The summed E-state index contributed by atoms with van der Waals surface area (Å²) in [5, 5.41) is 3.51. The van der Waals surface area contributed by atoms with Gasteiger partial charge in [0.1, 0.15) is 12.4 Å². The van der Waals surface area contributed by atoms with E-state index in [2.05, 4.69) is 57.4 Å². The Labute approximate surface area is 194 Å². The van der Waals surface area contributed by atoms with E-state index in [-0.39, 0.29) is 5.91 Å². The summed E-state index contributed by atoms with van der Waals surface area (Å²) >= 11 is 4.95. The van der Waals surface area contributed by atoms with Gasteiger partial charge in [-0.05, 0) is 59.6 Å². The number of amides is 1. The fourth-order valence-corrected chi connectivity index (χ4v) is 4.30. The van der Waals surface area contributed by atoms with Crippen LogP contribution in [0.1, 0.15) is 26.4 Å². The van der Waals surface area contributed by atoms with Crippen molar-refractivity contribution in [2.45, 2.75) is 20.5 Å². The number of carbonyl (C=O) groups is 1. The Bertz CT molecular complexity index is 1200. The smallest absolute Gasteiger partial charge is 0.257 e. The summed E-state index contributed by atoms with van der Waals surface area (Å²) in [6.07, 6.45) is 0. The standard InChI is InChI=1S/C25H21BrN2O2S/c1-16-7-11-19(12-8-16)23-17(2)31-25(27-23)28-24(29)20-13-9-18(10-14-20)15-30-22-6-4-3-5-21(22)26/h3-14H,15H2,1-2H3,(H,27,28,29). The van der Waals surface area contributed by atoms with Gasteiger partial charge in [-0.3, -0.25) is 10.1 Å². The van der Waals surface area contributed by atoms with Gasteiger partial charge in [-0.1, -0.05) is 54.1 Å². The molecule has 6 heteroatoms. The van der Waals surface area contributed by atoms with E-state index in [0.29, 0.717) is 17.3 Å². The largest absolute Gasteiger partial charge is 0.488 e. The summed E-state index contributed by atoms with van der Waals surface area (Å²) in [5.74, 6) is 0.607. The lowest BCUT2D eigenvalue weighted by atomic mass is 10.1. The molecule has 1 amide bonds. The van der Waals surface area contributed by atoms with E-state index in [4.69, 9.17) is 4.74 Å². The first-order valence-corrected chi connectivity index (χ1v) is 11.4. The van der Waals surface area contributed by atoms with Crippen LogP contribution in [0.5, 0.6) is 5.75 Å². The molecule has 0 saturated heterocycles. The molecule has 0 saturated carbocycles. The van der Waals surface area contributed by atoms with E-state index in [1.807, 2.05) is 43.3 Å². The summed E-state index contributed by atoms with van der Waals surface area (Å²) in [7, 11) is 0. The van der Waals surface area contributed by atoms with Crippen molar-refractivity contribution in [1.29, 1.82) is 0 Å². The lowest BCUT2D eigenvalue weighted by Crippen LogP contribution is -2.11. The summed E-state index contributed by atoms with van der Waals surface area (Å²) < 4.78 is 6.74. The number of nitrogens with one attached hydrogen (secondary N) is 1. The van der Waals surface area contributed by atoms with Crippen LogP contribution < -0.4 is 10.1 Å². The number of para-hydroxylation sites is 1. The van der Waals surface area contributed by atoms with Crippen LogP contribution in [0.4, 0.5) is 5.13 Å². The second-order valence-electron chi connectivity index (χ2n) is 7.16. The van der Waals surface area contributed by atoms with Crippen molar-refractivity contribution < 1.29 is 9.53 Å². The second kappa shape index (κ2) is 9.45. The zero-order valence-electron chi connectivity index (χ0n) is 17.2. The topological polar surface area (TPSA) is 51.2 Å². The quantitative estimate of drug-likeness (QED) is 0.314. The number of carbonyl (C=O) groups excluding carboxylic acids is 1. The fraction of sp³-hybridized carbons (Fsp3) is 0.120. The van der Waals surface area contributed by atoms with Gasteiger partial charge < -0.3 is 4.74 Å². The molecule has 4 rings (SSSR count). The molecule has 3 aromatic carbocycles. The summed E-state index contributed by atoms with van der Waals surface area (Å²) in [4.78, 5) is 18.4. The molecule has 4 nitrogen and oxygen atoms in total. The monoisotopic (exact) mass is 492 g/mol. The van der Waals surface area contributed by atoms with Gasteiger partial charge in [-0.2, -0.15) is 0 Å². The van der Waals surface area contributed by atoms with Crippen molar-refractivity contribution in [2.24, 2.45) is 0 Å². The van der Waals surface area contributed by atoms with Crippen molar-refractivity contribution >= 4 is 38.3 Å². The number of thiazole rings is 1. The van der Waals surface area contributed by atoms with Gasteiger partial charge in [0.25, 0.3) is 5.91 Å². The highest BCUT2D eigenvalue weighted by atomic mass is 79.9. The average molecular weight is 493 g/mol. The van der Waals surface area contributed by atoms with E-state index in [1.54, 1.807) is 12.1 Å². The molecule has 0 bridgehead atoms. The highest BCUT2D eigenvalue weighted by Gasteiger charge is 2.13. The Kier molecular flexibility index (Phi) is 6.49. The minimum Gasteiger partial charge on any atom is -0.488 e. The van der Waals surface area contributed by atoms with Crippen molar-refractivity contribution in [1.82, 2.24) is 4.98 Å². The molecule has 31 heavy (non-hydrogen) atoms. The number of halogens is 1. The molecule has 0 unspecified atom stereocenters. The first kappa shape index (κ1) is 21.3. The Balaban J connectivity index is 1.40. The fourth-order valence-electron chi connectivity index (χ4n) is 3.07. The van der Waals surface area contributed by atoms with E-state index >= 15 is 0 Å². The number of hydrogen-bond donors (Lipinski definition) is 1. The number of ether oxygens (including phenoxy) is 1. The highest BCUT2D eigenvalue weighted by molar-refractivity contribution is 9.10. The molecule has 0 spiro atoms. The Morgan fingerprint density at radius 2 is 1.71 bits per heavy atom. The molecule has 1 aromatic heterocycles. The normalized spacial score (nSPS) is 10.7. The zero-order valence-corrected chi connectivity index (χ0v) is 19.6. The second-order valence-corrected chi connectivity index (χ2v) is 9.22. The highest BCUT2D eigenvalue weighted by Crippen LogP contribution is 2.31. The maximum absolute atomic E-state index is 12.7. The Morgan fingerprint density at radius 3 is 2.42 bits per heavy atom. The molecule has 0 atom stereocenters. The molecule has 0 radical (unpaired) electrons. The Hall–Kier alpha value is -2.96. The molecular weight excluding hydrogens is 472 g/mol. The molecule has 0 aliphatic carbocycles. The molecule has 1 heterocycles. The number of anilines is 1. The van der Waals surface area contributed by atoms with Gasteiger partial charge >= 0.3 is 0 Å². The van der Waals surface area contributed by atoms with Crippen LogP contribution in [-0.4, -0.2) is 10.9 Å². The van der Waals surface area contributed by atoms with E-state index in [0.717, 1.165) is 31.9 Å². The number of aromatic nitrogens is 1. The minimum absolute atomic E-state index is 0.178. The van der Waals surface area contributed by atoms with Crippen LogP contribution in [0.25, 0.3) is 11.3 Å². The third-order valence-corrected chi connectivity index (χ3v) is 6.33. The predicted molar refractivity (Wildman–Crippen MR) is 130 cm³/mol. The van der Waals surface area contributed by atoms with Crippen LogP contribution in [0.3, 0.4) is 0 Å². The maximum atomic E-state index is 12.7. The minimum atomic E-state index is -0.178. The third-order valence-electron chi connectivity index (χ3n) is 4.79. The molecule has 156 valence electrons. The van der Waals surface area contributed by atoms with E-state index in [9.17, 15) is 4.79 Å². The molecule has 4 aromatic rings. The summed E-state index contributed by atoms with van der Waals surface area (Å²) in [6, 6.07) is 23.4. The first-order chi connectivity index (χ1) is 15.0. The molecule has 0 aliphatic heterocycles. The van der Waals surface area contributed by atoms with Crippen LogP contribution in [0.2, 0.25) is 0 Å². The summed E-state index contributed by atoms with van der Waals surface area (Å²) in [6.45, 7) is 4.50. The van der Waals surface area contributed by atoms with Crippen LogP contribution >= 0.6 is 27.3 Å². The maximum Gasteiger partial charge on any atom is 0.257 e. The number of rotatable bonds is 6. The number of benzene rings is 3. The summed E-state index contributed by atoms with van der Waals surface area (Å²) in [5.41, 5.74) is 4.72. The van der Waals surface area contributed by atoms with Gasteiger partial charge in [0.15, 0.2) is 5.13 Å². The zero-order chi connectivity index (χ0) is 21.8. The lowest BCUT2D eigenvalue weighted by Gasteiger charge is -2.08. The van der Waals surface area contributed by atoms with Crippen LogP contribution in [-0.2, 0) is 6.61 Å². The van der Waals surface area contributed by atoms with Crippen molar-refractivity contribution in [3.63, 3.8) is 0 Å². The van der Waals surface area contributed by atoms with Crippen LogP contribution in [0, 0.1) is 13.8 Å².